The zero-order valence-electron chi connectivity index (χ0n) is 14.2. The van der Waals surface area contributed by atoms with Crippen LogP contribution in [0.2, 0.25) is 0 Å². The van der Waals surface area contributed by atoms with Gasteiger partial charge in [0.2, 0.25) is 0 Å². The molecule has 22 heavy (non-hydrogen) atoms. The highest BCUT2D eigenvalue weighted by atomic mass is 79.9. The Labute approximate surface area is 146 Å². The van der Waals surface area contributed by atoms with Gasteiger partial charge < -0.3 is 14.8 Å². The lowest BCUT2D eigenvalue weighted by molar-refractivity contribution is -0.0979. The van der Waals surface area contributed by atoms with E-state index in [1.807, 2.05) is 45.9 Å². The summed E-state index contributed by atoms with van der Waals surface area (Å²) in [4.78, 5) is 9.39. The molecular formula is C17H26BrNO2S. The van der Waals surface area contributed by atoms with Gasteiger partial charge in [0.15, 0.2) is 0 Å². The van der Waals surface area contributed by atoms with Gasteiger partial charge >= 0.3 is 0 Å². The Bertz CT molecular complexity index is 563. The van der Waals surface area contributed by atoms with Crippen molar-refractivity contribution in [2.45, 2.75) is 39.3 Å². The standard InChI is InChI=1S/C11H12BrNS.C5H12O.CH2O/c1-7(13-2)10-5-8-3-4-9(12)6-11(8)14-10;1-5(2,3)6-4;1-2/h3-7,13H,1-2H3;1-4H3;1H2. The first-order chi connectivity index (χ1) is 10.3. The second kappa shape index (κ2) is 10.1. The fourth-order valence-electron chi connectivity index (χ4n) is 1.38. The van der Waals surface area contributed by atoms with Crippen LogP contribution in [-0.4, -0.2) is 26.5 Å². The molecule has 1 atom stereocenters. The van der Waals surface area contributed by atoms with E-state index in [9.17, 15) is 0 Å². The van der Waals surface area contributed by atoms with Crippen molar-refractivity contribution >= 4 is 44.1 Å². The van der Waals surface area contributed by atoms with E-state index in [2.05, 4.69) is 52.4 Å². The van der Waals surface area contributed by atoms with Crippen molar-refractivity contribution in [3.63, 3.8) is 0 Å². The molecule has 0 fully saturated rings. The Hall–Kier alpha value is -0.750. The normalized spacial score (nSPS) is 12.0. The van der Waals surface area contributed by atoms with Gasteiger partial charge in [-0.2, -0.15) is 0 Å². The molecule has 2 rings (SSSR count). The van der Waals surface area contributed by atoms with E-state index >= 15 is 0 Å². The zero-order valence-corrected chi connectivity index (χ0v) is 16.6. The average Bonchev–Trinajstić information content (AvgIpc) is 2.91. The van der Waals surface area contributed by atoms with E-state index in [4.69, 9.17) is 9.53 Å². The number of carbonyl (C=O) groups excluding carboxylic acids is 1. The monoisotopic (exact) mass is 387 g/mol. The Kier molecular flexibility index (Phi) is 9.76. The summed E-state index contributed by atoms with van der Waals surface area (Å²) in [5, 5.41) is 4.58. The van der Waals surface area contributed by atoms with Crippen LogP contribution in [0.3, 0.4) is 0 Å². The fraction of sp³-hybridized carbons (Fsp3) is 0.471. The second-order valence-electron chi connectivity index (χ2n) is 5.66. The van der Waals surface area contributed by atoms with Gasteiger partial charge in [0.1, 0.15) is 6.79 Å². The Morgan fingerprint density at radius 3 is 2.27 bits per heavy atom. The molecule has 2 aromatic rings. The van der Waals surface area contributed by atoms with Gasteiger partial charge in [0.25, 0.3) is 0 Å². The van der Waals surface area contributed by atoms with E-state index in [1.54, 1.807) is 7.11 Å². The first-order valence-electron chi connectivity index (χ1n) is 6.97. The summed E-state index contributed by atoms with van der Waals surface area (Å²) in [7, 11) is 3.70. The highest BCUT2D eigenvalue weighted by molar-refractivity contribution is 9.10. The number of hydrogen-bond donors (Lipinski definition) is 1. The van der Waals surface area contributed by atoms with Crippen LogP contribution in [-0.2, 0) is 9.53 Å². The molecule has 0 aliphatic heterocycles. The van der Waals surface area contributed by atoms with Crippen LogP contribution in [0, 0.1) is 0 Å². The lowest BCUT2D eigenvalue weighted by atomic mass is 10.2. The number of thiophene rings is 1. The van der Waals surface area contributed by atoms with Crippen molar-refractivity contribution in [3.05, 3.63) is 33.6 Å². The maximum atomic E-state index is 8.00. The summed E-state index contributed by atoms with van der Waals surface area (Å²) in [6.45, 7) is 10.2. The topological polar surface area (TPSA) is 38.3 Å². The SMILES string of the molecule is C=O.CNC(C)c1cc2ccc(Br)cc2s1.COC(C)(C)C. The van der Waals surface area contributed by atoms with Gasteiger partial charge in [-0.1, -0.05) is 22.0 Å². The number of halogens is 1. The molecule has 1 aromatic carbocycles. The van der Waals surface area contributed by atoms with E-state index in [1.165, 1.54) is 15.0 Å². The molecule has 0 aliphatic rings. The lowest BCUT2D eigenvalue weighted by Gasteiger charge is -2.14. The molecule has 124 valence electrons. The van der Waals surface area contributed by atoms with Crippen LogP contribution in [0.1, 0.15) is 38.6 Å². The third-order valence-corrected chi connectivity index (χ3v) is 4.75. The third-order valence-electron chi connectivity index (χ3n) is 2.97. The molecule has 0 saturated heterocycles. The third kappa shape index (κ3) is 7.49. The Morgan fingerprint density at radius 2 is 1.82 bits per heavy atom. The van der Waals surface area contributed by atoms with Crippen molar-refractivity contribution < 1.29 is 9.53 Å². The fourth-order valence-corrected chi connectivity index (χ4v) is 3.06. The zero-order chi connectivity index (χ0) is 17.3. The van der Waals surface area contributed by atoms with Crippen molar-refractivity contribution in [1.29, 1.82) is 0 Å². The van der Waals surface area contributed by atoms with Crippen molar-refractivity contribution in [2.24, 2.45) is 0 Å². The summed E-state index contributed by atoms with van der Waals surface area (Å²) in [6.07, 6.45) is 0. The number of rotatable bonds is 2. The Balaban J connectivity index is 0.000000470. The molecule has 1 aromatic heterocycles. The molecule has 0 saturated carbocycles. The Morgan fingerprint density at radius 1 is 1.27 bits per heavy atom. The van der Waals surface area contributed by atoms with Gasteiger partial charge in [-0.05, 0) is 58.3 Å². The van der Waals surface area contributed by atoms with E-state index in [0.29, 0.717) is 6.04 Å². The molecule has 0 bridgehead atoms. The summed E-state index contributed by atoms with van der Waals surface area (Å²) in [6, 6.07) is 9.11. The molecule has 1 heterocycles. The molecule has 1 unspecified atom stereocenters. The maximum absolute atomic E-state index is 8.00. The molecule has 0 aliphatic carbocycles. The van der Waals surface area contributed by atoms with Crippen LogP contribution in [0.4, 0.5) is 0 Å². The summed E-state index contributed by atoms with van der Waals surface area (Å²) >= 11 is 5.34. The van der Waals surface area contributed by atoms with Crippen molar-refractivity contribution in [3.8, 4) is 0 Å². The van der Waals surface area contributed by atoms with Crippen LogP contribution in [0.15, 0.2) is 28.7 Å². The minimum atomic E-state index is 0.0417. The van der Waals surface area contributed by atoms with Gasteiger partial charge in [-0.15, -0.1) is 11.3 Å². The number of fused-ring (bicyclic) bond motifs is 1. The molecule has 5 heteroatoms. The molecule has 0 amide bonds. The lowest BCUT2D eigenvalue weighted by Crippen LogP contribution is -2.15. The number of hydrogen-bond acceptors (Lipinski definition) is 4. The number of nitrogens with one attached hydrogen (secondary N) is 1. The number of carbonyl (C=O) groups is 1. The van der Waals surface area contributed by atoms with Crippen LogP contribution >= 0.6 is 27.3 Å². The summed E-state index contributed by atoms with van der Waals surface area (Å²) in [5.41, 5.74) is 0.0417. The van der Waals surface area contributed by atoms with Crippen molar-refractivity contribution in [2.75, 3.05) is 14.2 Å². The van der Waals surface area contributed by atoms with Crippen LogP contribution in [0.5, 0.6) is 0 Å². The van der Waals surface area contributed by atoms with Crippen LogP contribution in [0.25, 0.3) is 10.1 Å². The smallest absolute Gasteiger partial charge is 0.106 e. The first-order valence-corrected chi connectivity index (χ1v) is 8.58. The summed E-state index contributed by atoms with van der Waals surface area (Å²) < 4.78 is 7.43. The van der Waals surface area contributed by atoms with E-state index in [0.717, 1.165) is 4.47 Å². The van der Waals surface area contributed by atoms with E-state index in [-0.39, 0.29) is 5.60 Å². The number of ether oxygens (including phenoxy) is 1. The highest BCUT2D eigenvalue weighted by Crippen LogP contribution is 2.31. The van der Waals surface area contributed by atoms with Gasteiger partial charge in [0, 0.05) is 27.2 Å². The number of methoxy groups -OCH3 is 1. The van der Waals surface area contributed by atoms with Gasteiger partial charge in [-0.3, -0.25) is 0 Å². The first kappa shape index (κ1) is 21.2. The molecule has 0 spiro atoms. The number of benzene rings is 1. The second-order valence-corrected chi connectivity index (χ2v) is 7.69. The predicted molar refractivity (Wildman–Crippen MR) is 101 cm³/mol. The average molecular weight is 388 g/mol. The van der Waals surface area contributed by atoms with Gasteiger partial charge in [0.05, 0.1) is 5.60 Å². The minimum absolute atomic E-state index is 0.0417. The minimum Gasteiger partial charge on any atom is -0.379 e. The molecule has 1 N–H and O–H groups in total. The maximum Gasteiger partial charge on any atom is 0.106 e. The largest absolute Gasteiger partial charge is 0.379 e. The highest BCUT2D eigenvalue weighted by Gasteiger charge is 2.07. The molecule has 3 nitrogen and oxygen atoms in total. The van der Waals surface area contributed by atoms with Crippen LogP contribution < -0.4 is 5.32 Å². The molecule has 0 radical (unpaired) electrons. The quantitative estimate of drug-likeness (QED) is 0.769. The van der Waals surface area contributed by atoms with E-state index < -0.39 is 0 Å². The van der Waals surface area contributed by atoms with Gasteiger partial charge in [-0.25, -0.2) is 0 Å². The summed E-state index contributed by atoms with van der Waals surface area (Å²) in [5.74, 6) is 0. The van der Waals surface area contributed by atoms with Crippen molar-refractivity contribution in [1.82, 2.24) is 5.32 Å². The molecular weight excluding hydrogens is 362 g/mol. The predicted octanol–water partition coefficient (Wildman–Crippen LogP) is 5.19.